The van der Waals surface area contributed by atoms with Crippen LogP contribution in [0.4, 0.5) is 5.69 Å². The van der Waals surface area contributed by atoms with Crippen LogP contribution in [0.2, 0.25) is 0 Å². The lowest BCUT2D eigenvalue weighted by molar-refractivity contribution is -0.121. The largest absolute Gasteiger partial charge is 0.483 e. The lowest BCUT2D eigenvalue weighted by Crippen LogP contribution is -2.44. The minimum absolute atomic E-state index is 0.00852. The highest BCUT2D eigenvalue weighted by molar-refractivity contribution is 5.96. The molecule has 122 valence electrons. The molecule has 24 heavy (non-hydrogen) atoms. The molecule has 0 spiro atoms. The number of hydrogen-bond donors (Lipinski definition) is 0. The summed E-state index contributed by atoms with van der Waals surface area (Å²) in [5.74, 6) is 0.596. The molecule has 0 fully saturated rings. The number of nitriles is 1. The van der Waals surface area contributed by atoms with Crippen LogP contribution in [-0.2, 0) is 11.2 Å². The van der Waals surface area contributed by atoms with Crippen molar-refractivity contribution in [1.29, 1.82) is 5.26 Å². The summed E-state index contributed by atoms with van der Waals surface area (Å²) < 4.78 is 5.71. The van der Waals surface area contributed by atoms with E-state index in [1.54, 1.807) is 18.2 Å². The van der Waals surface area contributed by atoms with Crippen LogP contribution in [-0.4, -0.2) is 18.6 Å². The van der Waals surface area contributed by atoms with E-state index in [0.717, 1.165) is 24.1 Å². The van der Waals surface area contributed by atoms with Crippen molar-refractivity contribution in [3.63, 3.8) is 0 Å². The molecule has 0 saturated carbocycles. The summed E-state index contributed by atoms with van der Waals surface area (Å²) in [6.45, 7) is 3.94. The van der Waals surface area contributed by atoms with Gasteiger partial charge in [-0.1, -0.05) is 18.2 Å². The van der Waals surface area contributed by atoms with Crippen molar-refractivity contribution < 1.29 is 9.53 Å². The number of anilines is 1. The smallest absolute Gasteiger partial charge is 0.265 e. The number of amides is 1. The van der Waals surface area contributed by atoms with Gasteiger partial charge in [0, 0.05) is 11.7 Å². The molecule has 0 N–H and O–H groups in total. The maximum atomic E-state index is 12.7. The van der Waals surface area contributed by atoms with Crippen LogP contribution in [0.1, 0.15) is 30.0 Å². The molecule has 1 atom stereocenters. The lowest BCUT2D eigenvalue weighted by Gasteiger charge is -2.35. The Morgan fingerprint density at radius 1 is 1.33 bits per heavy atom. The number of fused-ring (bicyclic) bond motifs is 1. The quantitative estimate of drug-likeness (QED) is 0.868. The van der Waals surface area contributed by atoms with E-state index < -0.39 is 0 Å². The fourth-order valence-corrected chi connectivity index (χ4v) is 3.16. The summed E-state index contributed by atoms with van der Waals surface area (Å²) in [7, 11) is 0. The summed E-state index contributed by atoms with van der Waals surface area (Å²) >= 11 is 0. The van der Waals surface area contributed by atoms with Crippen molar-refractivity contribution in [3.8, 4) is 11.8 Å². The monoisotopic (exact) mass is 320 g/mol. The Bertz CT molecular complexity index is 808. The van der Waals surface area contributed by atoms with Crippen molar-refractivity contribution in [2.75, 3.05) is 11.5 Å². The van der Waals surface area contributed by atoms with Gasteiger partial charge in [-0.25, -0.2) is 0 Å². The van der Waals surface area contributed by atoms with Crippen LogP contribution in [0.15, 0.2) is 42.5 Å². The molecular formula is C20H20N2O2. The summed E-state index contributed by atoms with van der Waals surface area (Å²) in [5, 5.41) is 8.91. The molecule has 2 aromatic rings. The van der Waals surface area contributed by atoms with Crippen LogP contribution in [0, 0.1) is 18.3 Å². The van der Waals surface area contributed by atoms with E-state index in [2.05, 4.69) is 19.1 Å². The number of rotatable bonds is 3. The third-order valence-electron chi connectivity index (χ3n) is 4.45. The predicted molar refractivity (Wildman–Crippen MR) is 93.1 cm³/mol. The third-order valence-corrected chi connectivity index (χ3v) is 4.45. The van der Waals surface area contributed by atoms with E-state index >= 15 is 0 Å². The first kappa shape index (κ1) is 16.1. The van der Waals surface area contributed by atoms with Crippen molar-refractivity contribution in [2.24, 2.45) is 0 Å². The van der Waals surface area contributed by atoms with Gasteiger partial charge >= 0.3 is 0 Å². The molecule has 0 radical (unpaired) electrons. The van der Waals surface area contributed by atoms with E-state index in [1.807, 2.05) is 30.0 Å². The number of ether oxygens (including phenoxy) is 1. The van der Waals surface area contributed by atoms with E-state index in [1.165, 1.54) is 5.56 Å². The highest BCUT2D eigenvalue weighted by Crippen LogP contribution is 2.30. The Balaban J connectivity index is 1.75. The lowest BCUT2D eigenvalue weighted by atomic mass is 9.96. The summed E-state index contributed by atoms with van der Waals surface area (Å²) in [6, 6.07) is 15.5. The van der Waals surface area contributed by atoms with Crippen LogP contribution < -0.4 is 9.64 Å². The van der Waals surface area contributed by atoms with Gasteiger partial charge < -0.3 is 9.64 Å². The zero-order valence-electron chi connectivity index (χ0n) is 14.0. The third kappa shape index (κ3) is 3.11. The highest BCUT2D eigenvalue weighted by atomic mass is 16.5. The van der Waals surface area contributed by atoms with Gasteiger partial charge in [-0.05, 0) is 62.1 Å². The first-order valence-corrected chi connectivity index (χ1v) is 8.13. The molecule has 0 saturated heterocycles. The van der Waals surface area contributed by atoms with Crippen molar-refractivity contribution in [3.05, 3.63) is 59.2 Å². The average molecular weight is 320 g/mol. The minimum atomic E-state index is -0.0431. The molecule has 2 aromatic carbocycles. The Hall–Kier alpha value is -2.80. The summed E-state index contributed by atoms with van der Waals surface area (Å²) in [5.41, 5.74) is 3.64. The highest BCUT2D eigenvalue weighted by Gasteiger charge is 2.28. The number of para-hydroxylation sites is 1. The van der Waals surface area contributed by atoms with Gasteiger partial charge in [-0.2, -0.15) is 5.26 Å². The maximum Gasteiger partial charge on any atom is 0.265 e. The fraction of sp³-hybridized carbons (Fsp3) is 0.300. The molecule has 1 aliphatic rings. The van der Waals surface area contributed by atoms with Crippen molar-refractivity contribution >= 4 is 11.6 Å². The second-order valence-corrected chi connectivity index (χ2v) is 6.16. The van der Waals surface area contributed by atoms with Gasteiger partial charge in [-0.3, -0.25) is 4.79 Å². The topological polar surface area (TPSA) is 53.3 Å². The van der Waals surface area contributed by atoms with Crippen LogP contribution in [0.3, 0.4) is 0 Å². The number of aryl methyl sites for hydroxylation is 2. The number of carbonyl (C=O) groups is 1. The van der Waals surface area contributed by atoms with Gasteiger partial charge in [-0.15, -0.1) is 0 Å². The van der Waals surface area contributed by atoms with Crippen molar-refractivity contribution in [1.82, 2.24) is 0 Å². The van der Waals surface area contributed by atoms with Gasteiger partial charge in [0.1, 0.15) is 5.75 Å². The average Bonchev–Trinajstić information content (AvgIpc) is 2.60. The first-order chi connectivity index (χ1) is 11.6. The number of nitrogens with zero attached hydrogens (tertiary/aromatic N) is 2. The second kappa shape index (κ2) is 6.76. The summed E-state index contributed by atoms with van der Waals surface area (Å²) in [6.07, 6.45) is 1.95. The number of hydrogen-bond acceptors (Lipinski definition) is 3. The van der Waals surface area contributed by atoms with Gasteiger partial charge in [0.25, 0.3) is 5.91 Å². The molecule has 0 aliphatic carbocycles. The van der Waals surface area contributed by atoms with E-state index in [-0.39, 0.29) is 18.6 Å². The Morgan fingerprint density at radius 2 is 2.12 bits per heavy atom. The van der Waals surface area contributed by atoms with Crippen LogP contribution in [0.5, 0.6) is 5.75 Å². The van der Waals surface area contributed by atoms with Crippen LogP contribution in [0.25, 0.3) is 0 Å². The zero-order valence-corrected chi connectivity index (χ0v) is 14.0. The second-order valence-electron chi connectivity index (χ2n) is 6.16. The molecule has 1 heterocycles. The van der Waals surface area contributed by atoms with E-state index in [9.17, 15) is 4.79 Å². The molecule has 1 aliphatic heterocycles. The standard InChI is InChI=1S/C20H20N2O2/c1-14-11-16(12-21)8-10-19(14)24-13-20(23)22-15(2)7-9-17-5-3-4-6-18(17)22/h3-6,8,10-11,15H,7,9,13H2,1-2H3. The molecular weight excluding hydrogens is 300 g/mol. The predicted octanol–water partition coefficient (Wildman–Crippen LogP) is 3.61. The zero-order chi connectivity index (χ0) is 17.1. The molecule has 4 nitrogen and oxygen atoms in total. The van der Waals surface area contributed by atoms with E-state index in [0.29, 0.717) is 11.3 Å². The molecule has 3 rings (SSSR count). The molecule has 0 aromatic heterocycles. The Morgan fingerprint density at radius 3 is 2.88 bits per heavy atom. The summed E-state index contributed by atoms with van der Waals surface area (Å²) in [4.78, 5) is 14.6. The normalized spacial score (nSPS) is 16.2. The molecule has 4 heteroatoms. The minimum Gasteiger partial charge on any atom is -0.483 e. The van der Waals surface area contributed by atoms with Gasteiger partial charge in [0.05, 0.1) is 11.6 Å². The van der Waals surface area contributed by atoms with Crippen molar-refractivity contribution in [2.45, 2.75) is 32.7 Å². The maximum absolute atomic E-state index is 12.7. The first-order valence-electron chi connectivity index (χ1n) is 8.13. The van der Waals surface area contributed by atoms with Gasteiger partial charge in [0.2, 0.25) is 0 Å². The Kier molecular flexibility index (Phi) is 4.52. The van der Waals surface area contributed by atoms with Gasteiger partial charge in [0.15, 0.2) is 6.61 Å². The number of carbonyl (C=O) groups excluding carboxylic acids is 1. The fourth-order valence-electron chi connectivity index (χ4n) is 3.16. The SMILES string of the molecule is Cc1cc(C#N)ccc1OCC(=O)N1c2ccccc2CCC1C. The molecule has 1 amide bonds. The Labute approximate surface area is 142 Å². The molecule has 0 bridgehead atoms. The molecule has 1 unspecified atom stereocenters. The van der Waals surface area contributed by atoms with Crippen LogP contribution >= 0.6 is 0 Å². The van der Waals surface area contributed by atoms with E-state index in [4.69, 9.17) is 10.00 Å². The number of benzene rings is 2.